The van der Waals surface area contributed by atoms with Crippen molar-refractivity contribution in [3.8, 4) is 0 Å². The highest BCUT2D eigenvalue weighted by Crippen LogP contribution is 2.08. The molecule has 1 fully saturated rings. The predicted octanol–water partition coefficient (Wildman–Crippen LogP) is 0.508. The summed E-state index contributed by atoms with van der Waals surface area (Å²) in [4.78, 5) is 14.1. The zero-order valence-electron chi connectivity index (χ0n) is 10.9. The van der Waals surface area contributed by atoms with Crippen molar-refractivity contribution in [3.63, 3.8) is 0 Å². The number of likely N-dealkylation sites (tertiary alicyclic amines) is 1. The molecule has 2 rings (SSSR count). The highest BCUT2D eigenvalue weighted by atomic mass is 16.1. The number of carbonyl (C=O) groups is 1. The standard InChI is InChI=1S/C14H21N3O/c1-17-7-6-13(10-17)16-14(18)8-11-2-4-12(9-15)5-3-11/h2-5,13H,6-10,15H2,1H3,(H,16,18). The van der Waals surface area contributed by atoms with Crippen LogP contribution < -0.4 is 11.1 Å². The molecular weight excluding hydrogens is 226 g/mol. The Morgan fingerprint density at radius 3 is 2.61 bits per heavy atom. The zero-order valence-corrected chi connectivity index (χ0v) is 10.9. The van der Waals surface area contributed by atoms with Crippen LogP contribution in [0.2, 0.25) is 0 Å². The van der Waals surface area contributed by atoms with Gasteiger partial charge in [0.25, 0.3) is 0 Å². The first-order valence-corrected chi connectivity index (χ1v) is 6.43. The average Bonchev–Trinajstić information content (AvgIpc) is 2.75. The summed E-state index contributed by atoms with van der Waals surface area (Å²) >= 11 is 0. The van der Waals surface area contributed by atoms with E-state index in [2.05, 4.69) is 17.3 Å². The molecule has 18 heavy (non-hydrogen) atoms. The van der Waals surface area contributed by atoms with Gasteiger partial charge in [-0.25, -0.2) is 0 Å². The van der Waals surface area contributed by atoms with Crippen LogP contribution in [0.3, 0.4) is 0 Å². The van der Waals surface area contributed by atoms with Gasteiger partial charge in [0.15, 0.2) is 0 Å². The van der Waals surface area contributed by atoms with Crippen molar-refractivity contribution in [3.05, 3.63) is 35.4 Å². The molecule has 0 aromatic heterocycles. The normalized spacial score (nSPS) is 20.0. The second-order valence-electron chi connectivity index (χ2n) is 5.01. The Hall–Kier alpha value is -1.39. The first-order chi connectivity index (χ1) is 8.67. The van der Waals surface area contributed by atoms with Crippen LogP contribution in [-0.4, -0.2) is 37.0 Å². The number of benzene rings is 1. The quantitative estimate of drug-likeness (QED) is 0.815. The number of nitrogens with two attached hydrogens (primary N) is 1. The first kappa shape index (κ1) is 13.1. The van der Waals surface area contributed by atoms with Crippen LogP contribution >= 0.6 is 0 Å². The van der Waals surface area contributed by atoms with E-state index >= 15 is 0 Å². The minimum absolute atomic E-state index is 0.107. The van der Waals surface area contributed by atoms with E-state index in [1.165, 1.54) is 0 Å². The van der Waals surface area contributed by atoms with Gasteiger partial charge in [0.05, 0.1) is 6.42 Å². The van der Waals surface area contributed by atoms with Gasteiger partial charge in [-0.1, -0.05) is 24.3 Å². The van der Waals surface area contributed by atoms with E-state index < -0.39 is 0 Å². The Labute approximate surface area is 108 Å². The predicted molar refractivity (Wildman–Crippen MR) is 72.1 cm³/mol. The highest BCUT2D eigenvalue weighted by Gasteiger charge is 2.20. The molecule has 1 atom stereocenters. The molecule has 0 radical (unpaired) electrons. The summed E-state index contributed by atoms with van der Waals surface area (Å²) in [5.74, 6) is 0.107. The van der Waals surface area contributed by atoms with Crippen molar-refractivity contribution in [2.24, 2.45) is 5.73 Å². The molecule has 1 aromatic carbocycles. The minimum Gasteiger partial charge on any atom is -0.352 e. The van der Waals surface area contributed by atoms with Gasteiger partial charge in [-0.2, -0.15) is 0 Å². The molecule has 1 aromatic rings. The average molecular weight is 247 g/mol. The summed E-state index contributed by atoms with van der Waals surface area (Å²) < 4.78 is 0. The number of amides is 1. The molecule has 4 nitrogen and oxygen atoms in total. The minimum atomic E-state index is 0.107. The van der Waals surface area contributed by atoms with E-state index in [-0.39, 0.29) is 5.91 Å². The number of rotatable bonds is 4. The van der Waals surface area contributed by atoms with Gasteiger partial charge in [-0.3, -0.25) is 4.79 Å². The number of carbonyl (C=O) groups excluding carboxylic acids is 1. The Morgan fingerprint density at radius 1 is 1.39 bits per heavy atom. The number of nitrogens with zero attached hydrogens (tertiary/aromatic N) is 1. The van der Waals surface area contributed by atoms with E-state index in [1.54, 1.807) is 0 Å². The fourth-order valence-corrected chi connectivity index (χ4v) is 2.31. The zero-order chi connectivity index (χ0) is 13.0. The Morgan fingerprint density at radius 2 is 2.06 bits per heavy atom. The largest absolute Gasteiger partial charge is 0.352 e. The summed E-state index contributed by atoms with van der Waals surface area (Å²) in [6.45, 7) is 2.56. The molecule has 0 bridgehead atoms. The van der Waals surface area contributed by atoms with Crippen LogP contribution in [0, 0.1) is 0 Å². The van der Waals surface area contributed by atoms with Gasteiger partial charge in [-0.05, 0) is 31.1 Å². The number of nitrogens with one attached hydrogen (secondary N) is 1. The summed E-state index contributed by atoms with van der Waals surface area (Å²) in [7, 11) is 2.08. The van der Waals surface area contributed by atoms with Crippen LogP contribution in [0.1, 0.15) is 17.5 Å². The third kappa shape index (κ3) is 3.55. The Bertz CT molecular complexity index is 402. The lowest BCUT2D eigenvalue weighted by molar-refractivity contribution is -0.121. The lowest BCUT2D eigenvalue weighted by Gasteiger charge is -2.12. The van der Waals surface area contributed by atoms with Crippen molar-refractivity contribution in [1.82, 2.24) is 10.2 Å². The summed E-state index contributed by atoms with van der Waals surface area (Å²) in [6, 6.07) is 8.22. The topological polar surface area (TPSA) is 58.4 Å². The van der Waals surface area contributed by atoms with E-state index in [0.29, 0.717) is 19.0 Å². The van der Waals surface area contributed by atoms with Crippen LogP contribution in [0.15, 0.2) is 24.3 Å². The number of hydrogen-bond donors (Lipinski definition) is 2. The fourth-order valence-electron chi connectivity index (χ4n) is 2.31. The number of likely N-dealkylation sites (N-methyl/N-ethyl adjacent to an activating group) is 1. The smallest absolute Gasteiger partial charge is 0.224 e. The monoisotopic (exact) mass is 247 g/mol. The molecule has 1 aliphatic heterocycles. The summed E-state index contributed by atoms with van der Waals surface area (Å²) in [5.41, 5.74) is 7.67. The maximum Gasteiger partial charge on any atom is 0.224 e. The van der Waals surface area contributed by atoms with Crippen molar-refractivity contribution in [2.75, 3.05) is 20.1 Å². The van der Waals surface area contributed by atoms with Crippen molar-refractivity contribution >= 4 is 5.91 Å². The highest BCUT2D eigenvalue weighted by molar-refractivity contribution is 5.78. The van der Waals surface area contributed by atoms with E-state index in [4.69, 9.17) is 5.73 Å². The summed E-state index contributed by atoms with van der Waals surface area (Å²) in [6.07, 6.45) is 1.50. The molecule has 3 N–H and O–H groups in total. The SMILES string of the molecule is CN1CCC(NC(=O)Cc2ccc(CN)cc2)C1. The maximum absolute atomic E-state index is 11.9. The molecule has 0 spiro atoms. The Kier molecular flexibility index (Phi) is 4.33. The van der Waals surface area contributed by atoms with E-state index in [0.717, 1.165) is 30.6 Å². The van der Waals surface area contributed by atoms with Gasteiger partial charge < -0.3 is 16.0 Å². The first-order valence-electron chi connectivity index (χ1n) is 6.43. The second-order valence-corrected chi connectivity index (χ2v) is 5.01. The molecule has 0 saturated carbocycles. The van der Waals surface area contributed by atoms with Crippen molar-refractivity contribution in [1.29, 1.82) is 0 Å². The molecule has 1 amide bonds. The van der Waals surface area contributed by atoms with Crippen molar-refractivity contribution in [2.45, 2.75) is 25.4 Å². The van der Waals surface area contributed by atoms with E-state index in [1.807, 2.05) is 24.3 Å². The third-order valence-corrected chi connectivity index (χ3v) is 3.38. The molecular formula is C14H21N3O. The lowest BCUT2D eigenvalue weighted by Crippen LogP contribution is -2.37. The van der Waals surface area contributed by atoms with Gasteiger partial charge in [-0.15, -0.1) is 0 Å². The second kappa shape index (κ2) is 5.98. The third-order valence-electron chi connectivity index (χ3n) is 3.38. The molecule has 1 heterocycles. The molecule has 0 aliphatic carbocycles. The van der Waals surface area contributed by atoms with Crippen LogP contribution in [-0.2, 0) is 17.8 Å². The number of hydrogen-bond acceptors (Lipinski definition) is 3. The lowest BCUT2D eigenvalue weighted by atomic mass is 10.1. The van der Waals surface area contributed by atoms with E-state index in [9.17, 15) is 4.79 Å². The fraction of sp³-hybridized carbons (Fsp3) is 0.500. The summed E-state index contributed by atoms with van der Waals surface area (Å²) in [5, 5.41) is 3.08. The Balaban J connectivity index is 1.83. The van der Waals surface area contributed by atoms with Crippen LogP contribution in [0.25, 0.3) is 0 Å². The van der Waals surface area contributed by atoms with Crippen LogP contribution in [0.5, 0.6) is 0 Å². The van der Waals surface area contributed by atoms with Crippen LogP contribution in [0.4, 0.5) is 0 Å². The van der Waals surface area contributed by atoms with Gasteiger partial charge in [0.2, 0.25) is 5.91 Å². The molecule has 1 unspecified atom stereocenters. The van der Waals surface area contributed by atoms with Crippen molar-refractivity contribution < 1.29 is 4.79 Å². The van der Waals surface area contributed by atoms with Gasteiger partial charge in [0, 0.05) is 19.1 Å². The van der Waals surface area contributed by atoms with Gasteiger partial charge >= 0.3 is 0 Å². The molecule has 98 valence electrons. The molecule has 4 heteroatoms. The van der Waals surface area contributed by atoms with Gasteiger partial charge in [0.1, 0.15) is 0 Å². The maximum atomic E-state index is 11.9. The molecule has 1 saturated heterocycles. The molecule has 1 aliphatic rings.